The van der Waals surface area contributed by atoms with Crippen LogP contribution in [0, 0.1) is 0 Å². The number of carbonyl (C=O) groups is 1. The van der Waals surface area contributed by atoms with Crippen molar-refractivity contribution in [2.45, 2.75) is 32.0 Å². The first kappa shape index (κ1) is 17.2. The fourth-order valence-electron chi connectivity index (χ4n) is 3.49. The van der Waals surface area contributed by atoms with Crippen molar-refractivity contribution in [2.75, 3.05) is 26.2 Å². The molecule has 2 aromatic heterocycles. The summed E-state index contributed by atoms with van der Waals surface area (Å²) in [6.07, 6.45) is 2.31. The van der Waals surface area contributed by atoms with Crippen molar-refractivity contribution in [1.82, 2.24) is 29.5 Å². The number of hydroxylamine groups is 2. The summed E-state index contributed by atoms with van der Waals surface area (Å²) in [7, 11) is 1.79. The normalized spacial score (nSPS) is 18.9. The Labute approximate surface area is 151 Å². The van der Waals surface area contributed by atoms with Crippen molar-refractivity contribution >= 4 is 5.91 Å². The second kappa shape index (κ2) is 7.18. The molecule has 1 N–H and O–H groups in total. The van der Waals surface area contributed by atoms with E-state index in [2.05, 4.69) is 10.2 Å². The van der Waals surface area contributed by atoms with Crippen LogP contribution in [-0.4, -0.2) is 66.8 Å². The van der Waals surface area contributed by atoms with E-state index in [-0.39, 0.29) is 5.91 Å². The molecule has 2 aromatic rings. The Hall–Kier alpha value is -2.23. The van der Waals surface area contributed by atoms with Gasteiger partial charge in [0.05, 0.1) is 36.8 Å². The van der Waals surface area contributed by atoms with Gasteiger partial charge >= 0.3 is 0 Å². The number of hydrogen-bond acceptors (Lipinski definition) is 6. The molecule has 1 saturated heterocycles. The van der Waals surface area contributed by atoms with E-state index in [1.807, 2.05) is 20.7 Å². The van der Waals surface area contributed by atoms with E-state index in [4.69, 9.17) is 4.84 Å². The third-order valence-corrected chi connectivity index (χ3v) is 4.99. The smallest absolute Gasteiger partial charge is 0.224 e. The third kappa shape index (κ3) is 3.37. The van der Waals surface area contributed by atoms with Gasteiger partial charge in [0, 0.05) is 39.3 Å². The summed E-state index contributed by atoms with van der Waals surface area (Å²) in [5, 5.41) is 21.0. The fraction of sp³-hybridized carbons (Fsp3) is 0.588. The molecular weight excluding hydrogens is 336 g/mol. The molecule has 0 aromatic carbocycles. The molecule has 2 aliphatic heterocycles. The number of aromatic nitrogens is 4. The van der Waals surface area contributed by atoms with Crippen LogP contribution in [0.4, 0.5) is 0 Å². The zero-order valence-electron chi connectivity index (χ0n) is 14.9. The number of carbonyl (C=O) groups excluding carboxylic acids is 1. The van der Waals surface area contributed by atoms with Gasteiger partial charge in [-0.3, -0.25) is 19.0 Å². The highest BCUT2D eigenvalue weighted by Gasteiger charge is 2.26. The molecular formula is C17H24N6O3. The van der Waals surface area contributed by atoms with Crippen molar-refractivity contribution in [1.29, 1.82) is 0 Å². The van der Waals surface area contributed by atoms with Gasteiger partial charge in [0.1, 0.15) is 6.10 Å². The Bertz CT molecular complexity index is 779. The summed E-state index contributed by atoms with van der Waals surface area (Å²) < 4.78 is 3.52. The van der Waals surface area contributed by atoms with Gasteiger partial charge in [-0.05, 0) is 18.6 Å². The van der Waals surface area contributed by atoms with E-state index in [1.54, 1.807) is 24.0 Å². The second-order valence-electron chi connectivity index (χ2n) is 6.75. The van der Waals surface area contributed by atoms with Gasteiger partial charge in [0.15, 0.2) is 0 Å². The number of aliphatic hydroxyl groups excluding tert-OH is 1. The number of hydrogen-bond donors (Lipinski definition) is 1. The molecule has 140 valence electrons. The van der Waals surface area contributed by atoms with E-state index < -0.39 is 6.10 Å². The molecule has 2 aliphatic rings. The summed E-state index contributed by atoms with van der Waals surface area (Å²) >= 11 is 0. The Kier molecular flexibility index (Phi) is 4.75. The molecule has 0 spiro atoms. The monoisotopic (exact) mass is 360 g/mol. The third-order valence-electron chi connectivity index (χ3n) is 4.99. The van der Waals surface area contributed by atoms with Gasteiger partial charge in [-0.15, -0.1) is 0 Å². The average Bonchev–Trinajstić information content (AvgIpc) is 3.38. The quantitative estimate of drug-likeness (QED) is 0.812. The van der Waals surface area contributed by atoms with Crippen LogP contribution in [0.5, 0.6) is 0 Å². The van der Waals surface area contributed by atoms with Crippen molar-refractivity contribution in [3.05, 3.63) is 35.4 Å². The highest BCUT2D eigenvalue weighted by atomic mass is 16.7. The van der Waals surface area contributed by atoms with E-state index in [0.29, 0.717) is 44.0 Å². The summed E-state index contributed by atoms with van der Waals surface area (Å²) in [4.78, 5) is 19.8. The molecule has 26 heavy (non-hydrogen) atoms. The Morgan fingerprint density at radius 1 is 1.38 bits per heavy atom. The van der Waals surface area contributed by atoms with Gasteiger partial charge in [-0.25, -0.2) is 0 Å². The zero-order chi connectivity index (χ0) is 18.1. The van der Waals surface area contributed by atoms with Crippen LogP contribution in [0.1, 0.15) is 36.0 Å². The summed E-state index contributed by atoms with van der Waals surface area (Å²) in [5.41, 5.74) is 2.22. The molecule has 1 fully saturated rings. The first-order valence-corrected chi connectivity index (χ1v) is 9.00. The van der Waals surface area contributed by atoms with Crippen molar-refractivity contribution in [3.63, 3.8) is 0 Å². The largest absolute Gasteiger partial charge is 0.380 e. The van der Waals surface area contributed by atoms with Gasteiger partial charge in [0.25, 0.3) is 0 Å². The molecule has 0 radical (unpaired) electrons. The van der Waals surface area contributed by atoms with E-state index in [9.17, 15) is 9.90 Å². The zero-order valence-corrected chi connectivity index (χ0v) is 14.9. The lowest BCUT2D eigenvalue weighted by molar-refractivity contribution is -0.140. The van der Waals surface area contributed by atoms with E-state index >= 15 is 0 Å². The number of rotatable bonds is 5. The first-order chi connectivity index (χ1) is 12.6. The molecule has 9 heteroatoms. The van der Waals surface area contributed by atoms with Crippen LogP contribution < -0.4 is 0 Å². The number of amides is 1. The van der Waals surface area contributed by atoms with Gasteiger partial charge in [-0.2, -0.15) is 15.3 Å². The van der Waals surface area contributed by atoms with Gasteiger partial charge in [-0.1, -0.05) is 0 Å². The lowest BCUT2D eigenvalue weighted by atomic mass is 10.1. The number of fused-ring (bicyclic) bond motifs is 1. The maximum Gasteiger partial charge on any atom is 0.224 e. The Morgan fingerprint density at radius 2 is 2.27 bits per heavy atom. The van der Waals surface area contributed by atoms with Crippen LogP contribution >= 0.6 is 0 Å². The number of nitrogens with zero attached hydrogens (tertiary/aromatic N) is 6. The molecule has 9 nitrogen and oxygen atoms in total. The number of aliphatic hydroxyl groups is 1. The standard InChI is InChI=1S/C17H24N6O3/c1-20-15(3-5-18-20)17(25)14-11-13-12-21(8-9-23(13)19-14)16(24)4-7-22-6-2-10-26-22/h3,5,11,17,25H,2,4,6-10,12H2,1H3/t17-/m0/s1. The van der Waals surface area contributed by atoms with Crippen LogP contribution in [-0.2, 0) is 29.8 Å². The summed E-state index contributed by atoms with van der Waals surface area (Å²) in [5.74, 6) is 0.127. The molecule has 0 saturated carbocycles. The number of aryl methyl sites for hydroxylation is 1. The lowest BCUT2D eigenvalue weighted by Crippen LogP contribution is -2.39. The topological polar surface area (TPSA) is 88.7 Å². The highest BCUT2D eigenvalue weighted by molar-refractivity contribution is 5.76. The van der Waals surface area contributed by atoms with Crippen LogP contribution in [0.25, 0.3) is 0 Å². The summed E-state index contributed by atoms with van der Waals surface area (Å²) in [6.45, 7) is 4.08. The maximum absolute atomic E-state index is 12.5. The van der Waals surface area contributed by atoms with Gasteiger partial charge in [0.2, 0.25) is 5.91 Å². The molecule has 1 atom stereocenters. The van der Waals surface area contributed by atoms with Crippen molar-refractivity contribution in [3.8, 4) is 0 Å². The molecule has 1 amide bonds. The molecule has 0 unspecified atom stereocenters. The van der Waals surface area contributed by atoms with Crippen molar-refractivity contribution < 1.29 is 14.7 Å². The minimum absolute atomic E-state index is 0.127. The van der Waals surface area contributed by atoms with Crippen LogP contribution in [0.3, 0.4) is 0 Å². The fourth-order valence-corrected chi connectivity index (χ4v) is 3.49. The Balaban J connectivity index is 1.40. The lowest BCUT2D eigenvalue weighted by Gasteiger charge is -2.28. The van der Waals surface area contributed by atoms with Gasteiger partial charge < -0.3 is 10.0 Å². The minimum Gasteiger partial charge on any atom is -0.380 e. The molecule has 0 aliphatic carbocycles. The van der Waals surface area contributed by atoms with E-state index in [1.165, 1.54) is 0 Å². The predicted octanol–water partition coefficient (Wildman–Crippen LogP) is 0.0679. The Morgan fingerprint density at radius 3 is 3.00 bits per heavy atom. The minimum atomic E-state index is -0.822. The molecule has 4 rings (SSSR count). The first-order valence-electron chi connectivity index (χ1n) is 9.00. The predicted molar refractivity (Wildman–Crippen MR) is 91.7 cm³/mol. The maximum atomic E-state index is 12.5. The second-order valence-corrected chi connectivity index (χ2v) is 6.75. The van der Waals surface area contributed by atoms with Crippen LogP contribution in [0.15, 0.2) is 18.3 Å². The van der Waals surface area contributed by atoms with Crippen LogP contribution in [0.2, 0.25) is 0 Å². The molecule has 4 heterocycles. The van der Waals surface area contributed by atoms with Crippen molar-refractivity contribution in [2.24, 2.45) is 7.05 Å². The van der Waals surface area contributed by atoms with E-state index in [0.717, 1.165) is 25.3 Å². The SMILES string of the molecule is Cn1nccc1[C@@H](O)c1cc2n(n1)CCN(C(=O)CCN1CCCO1)C2. The summed E-state index contributed by atoms with van der Waals surface area (Å²) in [6, 6.07) is 3.65. The highest BCUT2D eigenvalue weighted by Crippen LogP contribution is 2.23. The average molecular weight is 360 g/mol. The molecule has 0 bridgehead atoms.